The molecule has 0 fully saturated rings. The van der Waals surface area contributed by atoms with Gasteiger partial charge in [0.1, 0.15) is 28.6 Å². The van der Waals surface area contributed by atoms with Crippen molar-refractivity contribution in [3.63, 3.8) is 0 Å². The largest absolute Gasteiger partial charge is 0.481 e. The number of nitrogens with two attached hydrogens (primary N) is 2. The highest BCUT2D eigenvalue weighted by atomic mass is 35.5. The van der Waals surface area contributed by atoms with E-state index in [2.05, 4.69) is 15.3 Å². The summed E-state index contributed by atoms with van der Waals surface area (Å²) in [5, 5.41) is 12.1. The molecular weight excluding hydrogens is 889 g/mol. The van der Waals surface area contributed by atoms with E-state index in [9.17, 15) is 24.0 Å². The van der Waals surface area contributed by atoms with E-state index >= 15 is 0 Å². The summed E-state index contributed by atoms with van der Waals surface area (Å²) in [6.45, 7) is 6.03. The van der Waals surface area contributed by atoms with Gasteiger partial charge in [-0.15, -0.1) is 0 Å². The fourth-order valence-corrected chi connectivity index (χ4v) is 6.64. The van der Waals surface area contributed by atoms with Gasteiger partial charge in [-0.05, 0) is 126 Å². The predicted molar refractivity (Wildman–Crippen MR) is 261 cm³/mol. The van der Waals surface area contributed by atoms with Gasteiger partial charge in [-0.25, -0.2) is 0 Å². The molecule has 0 bridgehead atoms. The van der Waals surface area contributed by atoms with Gasteiger partial charge in [-0.1, -0.05) is 72.6 Å². The van der Waals surface area contributed by atoms with E-state index in [0.717, 1.165) is 5.69 Å². The van der Waals surface area contributed by atoms with Gasteiger partial charge in [0.15, 0.2) is 11.2 Å². The summed E-state index contributed by atoms with van der Waals surface area (Å²) >= 11 is 12.0. The smallest absolute Gasteiger partial charge is 0.307 e. The molecule has 2 aromatic heterocycles. The van der Waals surface area contributed by atoms with Crippen molar-refractivity contribution in [1.82, 2.24) is 9.97 Å². The first-order valence-corrected chi connectivity index (χ1v) is 20.8. The molecule has 2 aliphatic rings. The predicted octanol–water partition coefficient (Wildman–Crippen LogP) is 10.3. The number of anilines is 6. The monoisotopic (exact) mass is 961 g/mol. The lowest BCUT2D eigenvalue weighted by Crippen LogP contribution is -2.54. The van der Waals surface area contributed by atoms with Crippen LogP contribution in [0.4, 0.5) is 34.4 Å². The fraction of sp³-hybridized carbons (Fsp3) is 0.438. The Morgan fingerprint density at radius 1 is 0.788 bits per heavy atom. The van der Waals surface area contributed by atoms with Gasteiger partial charge in [0.2, 0.25) is 17.7 Å². The molecule has 0 saturated heterocycles. The quantitative estimate of drug-likeness (QED) is 0.103. The number of ether oxygens (including phenoxy) is 3. The number of hydrogen-bond acceptors (Lipinski definition) is 12. The first-order chi connectivity index (χ1) is 33.2. The number of nitrogen functional groups attached to an aromatic ring is 1. The van der Waals surface area contributed by atoms with Crippen molar-refractivity contribution in [1.29, 1.82) is 0 Å². The van der Waals surface area contributed by atoms with Crippen LogP contribution in [0.15, 0.2) is 72.8 Å². The minimum absolute atomic E-state index is 0. The second-order valence-electron chi connectivity index (χ2n) is 15.3. The van der Waals surface area contributed by atoms with E-state index in [4.69, 9.17) is 65.0 Å². The zero-order valence-corrected chi connectivity index (χ0v) is 37.9. The molecule has 66 heavy (non-hydrogen) atoms. The Morgan fingerprint density at radius 3 is 1.62 bits per heavy atom. The van der Waals surface area contributed by atoms with Crippen LogP contribution in [0.1, 0.15) is 120 Å². The fourth-order valence-electron chi connectivity index (χ4n) is 6.39. The summed E-state index contributed by atoms with van der Waals surface area (Å²) in [5.74, 6) is -6.66. The zero-order valence-electron chi connectivity index (χ0n) is 44.4. The summed E-state index contributed by atoms with van der Waals surface area (Å²) in [6, 6.07) is 17.2. The third kappa shape index (κ3) is 13.3. The number of amides is 3. The van der Waals surface area contributed by atoms with E-state index in [-0.39, 0.29) is 38.4 Å². The highest BCUT2D eigenvalue weighted by Crippen LogP contribution is 2.45. The summed E-state index contributed by atoms with van der Waals surface area (Å²) < 4.78 is 74.8. The van der Waals surface area contributed by atoms with Gasteiger partial charge < -0.3 is 36.1 Å². The third-order valence-electron chi connectivity index (χ3n) is 9.89. The third-order valence-corrected chi connectivity index (χ3v) is 10.4. The number of nitrogens with zero attached hydrogens (tertiary/aromatic N) is 4. The summed E-state index contributed by atoms with van der Waals surface area (Å²) in [4.78, 5) is 72.7. The van der Waals surface area contributed by atoms with Gasteiger partial charge in [-0.3, -0.25) is 33.8 Å². The highest BCUT2D eigenvalue weighted by molar-refractivity contribution is 6.31. The molecule has 6 N–H and O–H groups in total. The molecule has 0 saturated carbocycles. The average molecular weight is 963 g/mol. The second kappa shape index (κ2) is 23.5. The molecule has 0 unspecified atom stereocenters. The Labute approximate surface area is 409 Å². The van der Waals surface area contributed by atoms with Crippen LogP contribution in [0.25, 0.3) is 0 Å². The van der Waals surface area contributed by atoms with E-state index in [1.165, 1.54) is 17.0 Å². The number of hydrogen-bond donors (Lipinski definition) is 4. The Morgan fingerprint density at radius 2 is 1.23 bits per heavy atom. The molecule has 2 aliphatic heterocycles. The first kappa shape index (κ1) is 43.9. The topological polar surface area (TPSA) is 230 Å². The van der Waals surface area contributed by atoms with Gasteiger partial charge in [0.25, 0.3) is 11.8 Å². The molecule has 6 rings (SSSR count). The lowest BCUT2D eigenvalue weighted by atomic mass is 9.93. The second-order valence-corrected chi connectivity index (χ2v) is 16.2. The molecule has 2 aromatic carbocycles. The molecular formula is C48H65Cl2N7O9. The summed E-state index contributed by atoms with van der Waals surface area (Å²) in [7, 11) is 0. The Kier molecular flexibility index (Phi) is 15.6. The molecule has 0 spiro atoms. The van der Waals surface area contributed by atoms with Crippen molar-refractivity contribution in [3.8, 4) is 11.8 Å². The van der Waals surface area contributed by atoms with Crippen LogP contribution >= 0.6 is 23.2 Å². The van der Waals surface area contributed by atoms with Gasteiger partial charge >= 0.3 is 11.9 Å². The number of carbonyl (C=O) groups excluding carboxylic acids is 4. The maximum atomic E-state index is 13.4. The number of aliphatic carboxylic acids is 1. The molecule has 16 nitrogen and oxygen atoms in total. The Balaban J connectivity index is 0.000000395. The van der Waals surface area contributed by atoms with Crippen LogP contribution < -0.4 is 36.1 Å². The van der Waals surface area contributed by atoms with Crippen molar-refractivity contribution < 1.29 is 54.3 Å². The number of nitrogens with one attached hydrogen (secondary N) is 1. The molecule has 0 aliphatic carbocycles. The van der Waals surface area contributed by atoms with Crippen LogP contribution in [-0.2, 0) is 28.7 Å². The summed E-state index contributed by atoms with van der Waals surface area (Å²) in [6.07, 6.45) is 0.796. The van der Waals surface area contributed by atoms with Gasteiger partial charge in [-0.2, -0.15) is 9.97 Å². The number of rotatable bonds is 11. The van der Waals surface area contributed by atoms with Gasteiger partial charge in [0, 0.05) is 31.0 Å². The Hall–Kier alpha value is -5.97. The average Bonchev–Trinajstić information content (AvgIpc) is 3.28. The number of benzene rings is 2. The number of fused-ring (bicyclic) bond motifs is 2. The highest BCUT2D eigenvalue weighted by Gasteiger charge is 2.48. The lowest BCUT2D eigenvalue weighted by Gasteiger charge is -2.41. The van der Waals surface area contributed by atoms with Crippen LogP contribution in [0.3, 0.4) is 0 Å². The van der Waals surface area contributed by atoms with Crippen molar-refractivity contribution in [2.75, 3.05) is 20.9 Å². The number of carbonyl (C=O) groups is 5. The molecule has 2 atom stereocenters. The molecule has 4 aromatic rings. The molecule has 360 valence electrons. The lowest BCUT2D eigenvalue weighted by molar-refractivity contribution is -0.159. The molecule has 4 heterocycles. The van der Waals surface area contributed by atoms with E-state index in [0.29, 0.717) is 64.5 Å². The maximum Gasteiger partial charge on any atom is 0.307 e. The minimum atomic E-state index is -3.10. The number of pyridine rings is 2. The van der Waals surface area contributed by atoms with Crippen molar-refractivity contribution in [2.45, 2.75) is 132 Å². The van der Waals surface area contributed by atoms with Crippen molar-refractivity contribution in [3.05, 3.63) is 82.8 Å². The van der Waals surface area contributed by atoms with Crippen LogP contribution in [0.2, 0.25) is 10.0 Å². The van der Waals surface area contributed by atoms with E-state index in [1.807, 2.05) is 39.8 Å². The number of carboxylic acid groups (broad SMARTS) is 1. The SMILES string of the molecule is C.C.CCC1(CC)Oc2nc(N)ccc2N(c2ccc(Cl)cc2)C1=O.[2H]C([2H])([2H])[C@]([2H])(CC(=O)OC(C)(C)C)C(=O)O.[2H]C([2H])([2H])[C@]([2H])(N)C(=O)Nc1ccc2c(n1)OC(CC)(CC)C(=O)N2c1ccc(Cl)cc1. The molecule has 18 heteroatoms. The standard InChI is InChI=1S/C20H23ClN4O3.C17H18ClN3O2.C9H16O4.2CH4/c1-4-20(5-2)19(27)25(14-8-6-13(21)7-9-14)15-10-11-16(24-18(15)28-20)23-17(26)12(3)22;1-3-17(4-2)16(22)21(12-7-5-11(18)6-8-12)13-9-10-14(19)20-15(13)23-17;1-6(8(11)12)5-7(10)13-9(2,3)4;;/h6-12H,4-5,22H2,1-3H3,(H,23,24,26);5-10H,3-4H2,1-2H3,(H2,19,20);6H,5H2,1-4H3,(H,11,12);2*1H4/t12-;;6-;;/m0.1../s1/i3D3,12D;;1D3,6D;;. The van der Waals surface area contributed by atoms with E-state index < -0.39 is 66.7 Å². The van der Waals surface area contributed by atoms with Crippen LogP contribution in [0.5, 0.6) is 11.8 Å². The van der Waals surface area contributed by atoms with Crippen LogP contribution in [-0.4, -0.2) is 67.6 Å². The van der Waals surface area contributed by atoms with Gasteiger partial charge in [0.05, 0.1) is 19.7 Å². The maximum absolute atomic E-state index is 13.4. The normalized spacial score (nSPS) is 18.2. The van der Waals surface area contributed by atoms with Crippen molar-refractivity contribution >= 4 is 87.2 Å². The molecule has 0 radical (unpaired) electrons. The number of carboxylic acids is 1. The minimum Gasteiger partial charge on any atom is -0.481 e. The number of halogens is 2. The van der Waals surface area contributed by atoms with E-state index in [1.54, 1.807) is 74.2 Å². The van der Waals surface area contributed by atoms with Crippen LogP contribution in [0, 0.1) is 5.89 Å². The Bertz CT molecular complexity index is 2650. The first-order valence-electron chi connectivity index (χ1n) is 24.1. The molecule has 3 amide bonds. The summed E-state index contributed by atoms with van der Waals surface area (Å²) in [5.41, 5.74) is 10.4. The number of aromatic nitrogens is 2. The number of esters is 1. The van der Waals surface area contributed by atoms with Crippen molar-refractivity contribution in [2.24, 2.45) is 11.6 Å². The zero-order chi connectivity index (χ0) is 54.6.